The van der Waals surface area contributed by atoms with Gasteiger partial charge in [0.05, 0.1) is 22.4 Å². The van der Waals surface area contributed by atoms with Gasteiger partial charge in [0, 0.05) is 46.5 Å². The number of rotatable bonds is 14. The average molecular weight is 629 g/mol. The van der Waals surface area contributed by atoms with Crippen molar-refractivity contribution >= 4 is 17.6 Å². The molecular weight excluding hydrogens is 564 g/mol. The van der Waals surface area contributed by atoms with Crippen LogP contribution < -0.4 is 11.1 Å². The number of fused-ring (bicyclic) bond motifs is 2. The highest BCUT2D eigenvalue weighted by Crippen LogP contribution is 2.57. The summed E-state index contributed by atoms with van der Waals surface area (Å²) in [6, 6.07) is 1.78. The van der Waals surface area contributed by atoms with Crippen molar-refractivity contribution in [2.24, 2.45) is 5.73 Å². The minimum atomic E-state index is -2.40. The Morgan fingerprint density at radius 1 is 0.780 bits per heavy atom. The zero-order chi connectivity index (χ0) is 32.6. The highest BCUT2D eigenvalue weighted by atomic mass is 28.4. The molecule has 0 amide bonds. The lowest BCUT2D eigenvalue weighted by molar-refractivity contribution is -0.211. The zero-order valence-corrected chi connectivity index (χ0v) is 30.5. The quantitative estimate of drug-likeness (QED) is 0.142. The Morgan fingerprint density at radius 2 is 1.22 bits per heavy atom. The van der Waals surface area contributed by atoms with Crippen molar-refractivity contribution in [3.63, 3.8) is 0 Å². The van der Waals surface area contributed by atoms with Crippen LogP contribution in [0.5, 0.6) is 0 Å². The average Bonchev–Trinajstić information content (AvgIpc) is 3.18. The molecule has 2 heterocycles. The van der Waals surface area contributed by atoms with Crippen LogP contribution in [0, 0.1) is 0 Å². The molecule has 0 aromatic rings. The minimum Gasteiger partial charge on any atom is -0.387 e. The molecule has 11 nitrogen and oxygen atoms in total. The summed E-state index contributed by atoms with van der Waals surface area (Å²) in [5.74, 6) is 0. The summed E-state index contributed by atoms with van der Waals surface area (Å²) < 4.78 is 34.5. The molecule has 13 heteroatoms. The van der Waals surface area contributed by atoms with Gasteiger partial charge in [-0.1, -0.05) is 13.3 Å². The number of unbranched alkanes of at least 4 members (excludes halogenated alkanes) is 1. The predicted octanol–water partition coefficient (Wildman–Crippen LogP) is 3.20. The molecule has 2 aliphatic rings. The molecule has 2 rings (SSSR count). The van der Waals surface area contributed by atoms with E-state index in [0.29, 0.717) is 6.54 Å². The van der Waals surface area contributed by atoms with E-state index in [4.69, 9.17) is 32.3 Å². The van der Waals surface area contributed by atoms with E-state index >= 15 is 0 Å². The second-order valence-corrected chi connectivity index (χ2v) is 18.8. The van der Waals surface area contributed by atoms with Crippen molar-refractivity contribution < 1.29 is 41.9 Å². The molecule has 0 saturated carbocycles. The monoisotopic (exact) mass is 628 g/mol. The fourth-order valence-electron chi connectivity index (χ4n) is 4.82. The maximum Gasteiger partial charge on any atom is 0.502 e. The van der Waals surface area contributed by atoms with Crippen molar-refractivity contribution in [2.75, 3.05) is 41.0 Å². The Balaban J connectivity index is 0.000000598. The summed E-state index contributed by atoms with van der Waals surface area (Å²) in [5.41, 5.74) is 0.403. The first-order chi connectivity index (χ1) is 18.4. The predicted molar refractivity (Wildman–Crippen MR) is 167 cm³/mol. The van der Waals surface area contributed by atoms with Gasteiger partial charge in [-0.3, -0.25) is 0 Å². The molecule has 2 saturated heterocycles. The lowest BCUT2D eigenvalue weighted by Gasteiger charge is -2.47. The fraction of sp³-hybridized carbons (Fsp3) is 1.00. The number of nitrogens with two attached hydrogens (primary N) is 1. The second kappa shape index (κ2) is 15.3. The van der Waals surface area contributed by atoms with Crippen molar-refractivity contribution in [1.82, 2.24) is 5.32 Å². The van der Waals surface area contributed by atoms with Gasteiger partial charge in [0.25, 0.3) is 0 Å². The van der Waals surface area contributed by atoms with Crippen LogP contribution in [0.25, 0.3) is 0 Å². The molecule has 0 unspecified atom stereocenters. The molecule has 6 N–H and O–H groups in total. The van der Waals surface area contributed by atoms with Gasteiger partial charge in [-0.25, -0.2) is 0 Å². The number of nitrogens with one attached hydrogen (secondary N) is 1. The molecule has 0 aliphatic carbocycles. The Labute approximate surface area is 252 Å². The number of aliphatic hydroxyl groups is 3. The summed E-state index contributed by atoms with van der Waals surface area (Å²) in [5, 5.41) is 31.8. The highest BCUT2D eigenvalue weighted by Gasteiger charge is 2.75. The first kappa shape index (κ1) is 41.0. The lowest BCUT2D eigenvalue weighted by atomic mass is 9.76. The van der Waals surface area contributed by atoms with Gasteiger partial charge in [-0.15, -0.1) is 0 Å². The molecule has 0 radical (unpaired) electrons. The Morgan fingerprint density at radius 3 is 1.51 bits per heavy atom. The molecule has 248 valence electrons. The topological polar surface area (TPSA) is 154 Å². The van der Waals surface area contributed by atoms with E-state index in [1.807, 2.05) is 0 Å². The van der Waals surface area contributed by atoms with Crippen molar-refractivity contribution in [3.8, 4) is 0 Å². The van der Waals surface area contributed by atoms with Crippen LogP contribution in [0.3, 0.4) is 0 Å². The third-order valence-electron chi connectivity index (χ3n) is 8.79. The maximum absolute atomic E-state index is 9.69. The summed E-state index contributed by atoms with van der Waals surface area (Å²) in [7, 11) is 0.149. The van der Waals surface area contributed by atoms with Crippen LogP contribution in [0.15, 0.2) is 0 Å². The molecule has 2 aliphatic heterocycles. The SMILES string of the molecule is CC(C)(O)C(C)(O)C(C)(C)O.CCCC[Si]12OC(C)(C)C(C)(O1)C(C)(C)O2.CO[Si](CCCNCCN)(OC)OC. The molecule has 0 spiro atoms. The summed E-state index contributed by atoms with van der Waals surface area (Å²) >= 11 is 0. The van der Waals surface area contributed by atoms with E-state index in [-0.39, 0.29) is 16.8 Å². The standard InChI is InChI=1S/C12H24O3Si.C8H22N2O3Si.C8H18O3/c1-7-8-9-16-13-10(2,3)12(6,15-16)11(4,5)14-16;1-11-14(12-2,13-3)8-4-6-10-7-5-9;1-6(2,9)8(5,11)7(3,4)10/h7-9H2,1-6H3;10H,4-9H2,1-3H3;9-11H,1-5H3. The molecular formula is C28H64N2O9Si2. The summed E-state index contributed by atoms with van der Waals surface area (Å²) in [4.78, 5) is 0. The van der Waals surface area contributed by atoms with E-state index in [1.165, 1.54) is 34.6 Å². The van der Waals surface area contributed by atoms with Crippen LogP contribution in [-0.4, -0.2) is 107 Å². The molecule has 2 bridgehead atoms. The van der Waals surface area contributed by atoms with Gasteiger partial charge in [-0.05, 0) is 88.6 Å². The van der Waals surface area contributed by atoms with E-state index in [2.05, 4.69) is 46.9 Å². The lowest BCUT2D eigenvalue weighted by Crippen LogP contribution is -2.62. The van der Waals surface area contributed by atoms with Gasteiger partial charge in [0.1, 0.15) is 11.2 Å². The van der Waals surface area contributed by atoms with E-state index in [0.717, 1.165) is 44.4 Å². The normalized spacial score (nSPS) is 25.3. The van der Waals surface area contributed by atoms with Crippen molar-refractivity contribution in [3.05, 3.63) is 0 Å². The Bertz CT molecular complexity index is 722. The van der Waals surface area contributed by atoms with Gasteiger partial charge in [-0.2, -0.15) is 0 Å². The maximum atomic E-state index is 9.69. The summed E-state index contributed by atoms with van der Waals surface area (Å²) in [6.07, 6.45) is 3.25. The van der Waals surface area contributed by atoms with Crippen LogP contribution in [0.1, 0.15) is 95.4 Å². The second-order valence-electron chi connectivity index (χ2n) is 13.3. The van der Waals surface area contributed by atoms with Crippen LogP contribution in [0.4, 0.5) is 0 Å². The first-order valence-corrected chi connectivity index (χ1v) is 18.6. The van der Waals surface area contributed by atoms with Crippen LogP contribution in [0.2, 0.25) is 12.1 Å². The Kier molecular flexibility index (Phi) is 15.3. The van der Waals surface area contributed by atoms with E-state index < -0.39 is 34.4 Å². The molecule has 41 heavy (non-hydrogen) atoms. The minimum absolute atomic E-state index is 0.241. The largest absolute Gasteiger partial charge is 0.502 e. The van der Waals surface area contributed by atoms with Gasteiger partial charge in [0.2, 0.25) is 0 Å². The third kappa shape index (κ3) is 10.00. The van der Waals surface area contributed by atoms with E-state index in [9.17, 15) is 15.3 Å². The van der Waals surface area contributed by atoms with Crippen molar-refractivity contribution in [1.29, 1.82) is 0 Å². The first-order valence-electron chi connectivity index (χ1n) is 14.8. The van der Waals surface area contributed by atoms with Crippen LogP contribution in [-0.2, 0) is 26.6 Å². The van der Waals surface area contributed by atoms with Crippen molar-refractivity contribution in [2.45, 2.75) is 141 Å². The number of hydrogen-bond donors (Lipinski definition) is 5. The third-order valence-corrected chi connectivity index (χ3v) is 14.9. The molecule has 0 aromatic heterocycles. The zero-order valence-electron chi connectivity index (χ0n) is 28.5. The molecule has 0 aromatic carbocycles. The van der Waals surface area contributed by atoms with Crippen LogP contribution >= 0.6 is 0 Å². The Hall–Kier alpha value is -0.00623. The van der Waals surface area contributed by atoms with Gasteiger partial charge >= 0.3 is 17.6 Å². The van der Waals surface area contributed by atoms with Gasteiger partial charge in [0.15, 0.2) is 0 Å². The molecule has 0 atom stereocenters. The van der Waals surface area contributed by atoms with E-state index in [1.54, 1.807) is 21.3 Å². The smallest absolute Gasteiger partial charge is 0.387 e. The highest BCUT2D eigenvalue weighted by molar-refractivity contribution is 6.62. The summed E-state index contributed by atoms with van der Waals surface area (Å²) in [6.45, 7) is 22.5. The number of hydrogen-bond acceptors (Lipinski definition) is 11. The van der Waals surface area contributed by atoms with Gasteiger partial charge < -0.3 is 52.9 Å². The molecule has 2 fully saturated rings. The fourth-order valence-corrected chi connectivity index (χ4v) is 10.8.